The summed E-state index contributed by atoms with van der Waals surface area (Å²) in [6, 6.07) is 3.77. The van der Waals surface area contributed by atoms with Crippen LogP contribution in [0.25, 0.3) is 10.9 Å². The maximum atomic E-state index is 6.07. The zero-order chi connectivity index (χ0) is 11.0. The third-order valence-corrected chi connectivity index (χ3v) is 2.85. The summed E-state index contributed by atoms with van der Waals surface area (Å²) >= 11 is 12.0. The van der Waals surface area contributed by atoms with E-state index in [2.05, 4.69) is 4.98 Å². The summed E-state index contributed by atoms with van der Waals surface area (Å²) in [5, 5.41) is 2.36. The van der Waals surface area contributed by atoms with Gasteiger partial charge in [0, 0.05) is 22.6 Å². The van der Waals surface area contributed by atoms with Crippen LogP contribution in [0.1, 0.15) is 12.5 Å². The molecule has 0 amide bonds. The highest BCUT2D eigenvalue weighted by molar-refractivity contribution is 6.38. The topological polar surface area (TPSA) is 41.8 Å². The summed E-state index contributed by atoms with van der Waals surface area (Å²) in [7, 11) is 0. The Balaban J connectivity index is 2.58. The molecule has 3 N–H and O–H groups in total. The van der Waals surface area contributed by atoms with Gasteiger partial charge in [-0.2, -0.15) is 0 Å². The molecule has 15 heavy (non-hydrogen) atoms. The van der Waals surface area contributed by atoms with E-state index in [1.54, 1.807) is 6.07 Å². The highest BCUT2D eigenvalue weighted by Crippen LogP contribution is 2.29. The standard InChI is InChI=1S/C11H12Cl2N2/c1-6(14)2-7-5-15-11-9(7)3-8(12)4-10(11)13/h3-6,15H,2,14H2,1H3. The minimum atomic E-state index is 0.127. The van der Waals surface area contributed by atoms with Gasteiger partial charge in [-0.05, 0) is 31.0 Å². The molecule has 0 spiro atoms. The molecule has 0 fully saturated rings. The zero-order valence-electron chi connectivity index (χ0n) is 8.35. The number of benzene rings is 1. The molecule has 2 aromatic rings. The van der Waals surface area contributed by atoms with Crippen LogP contribution in [0.15, 0.2) is 18.3 Å². The van der Waals surface area contributed by atoms with Crippen LogP contribution < -0.4 is 5.73 Å². The third-order valence-electron chi connectivity index (χ3n) is 2.33. The maximum Gasteiger partial charge on any atom is 0.0661 e. The third kappa shape index (κ3) is 2.12. The fourth-order valence-electron chi connectivity index (χ4n) is 1.73. The first-order chi connectivity index (χ1) is 7.08. The molecule has 0 saturated heterocycles. The van der Waals surface area contributed by atoms with Crippen molar-refractivity contribution in [1.29, 1.82) is 0 Å². The fourth-order valence-corrected chi connectivity index (χ4v) is 2.27. The molecule has 1 aromatic carbocycles. The minimum absolute atomic E-state index is 0.127. The van der Waals surface area contributed by atoms with Gasteiger partial charge in [0.15, 0.2) is 0 Å². The van der Waals surface area contributed by atoms with Gasteiger partial charge in [0.1, 0.15) is 0 Å². The van der Waals surface area contributed by atoms with Gasteiger partial charge in [0.05, 0.1) is 10.5 Å². The molecule has 1 heterocycles. The lowest BCUT2D eigenvalue weighted by Gasteiger charge is -2.03. The molecule has 1 unspecified atom stereocenters. The maximum absolute atomic E-state index is 6.07. The van der Waals surface area contributed by atoms with Crippen molar-refractivity contribution in [3.63, 3.8) is 0 Å². The Morgan fingerprint density at radius 1 is 1.40 bits per heavy atom. The van der Waals surface area contributed by atoms with Crippen molar-refractivity contribution in [2.75, 3.05) is 0 Å². The number of rotatable bonds is 2. The van der Waals surface area contributed by atoms with Crippen LogP contribution in [0.4, 0.5) is 0 Å². The molecule has 80 valence electrons. The lowest BCUT2D eigenvalue weighted by Crippen LogP contribution is -2.17. The van der Waals surface area contributed by atoms with Crippen LogP contribution in [0, 0.1) is 0 Å². The normalized spacial score (nSPS) is 13.3. The molecular weight excluding hydrogens is 231 g/mol. The van der Waals surface area contributed by atoms with E-state index in [0.29, 0.717) is 10.0 Å². The van der Waals surface area contributed by atoms with E-state index < -0.39 is 0 Å². The second-order valence-electron chi connectivity index (χ2n) is 3.81. The average molecular weight is 243 g/mol. The summed E-state index contributed by atoms with van der Waals surface area (Å²) in [6.45, 7) is 1.98. The summed E-state index contributed by atoms with van der Waals surface area (Å²) in [6.07, 6.45) is 2.76. The molecule has 0 aliphatic carbocycles. The Morgan fingerprint density at radius 2 is 2.13 bits per heavy atom. The Bertz CT molecular complexity index is 489. The number of fused-ring (bicyclic) bond motifs is 1. The molecule has 0 radical (unpaired) electrons. The largest absolute Gasteiger partial charge is 0.360 e. The number of hydrogen-bond acceptors (Lipinski definition) is 1. The van der Waals surface area contributed by atoms with E-state index in [-0.39, 0.29) is 6.04 Å². The zero-order valence-corrected chi connectivity index (χ0v) is 9.86. The van der Waals surface area contributed by atoms with Crippen LogP contribution in [0.2, 0.25) is 10.0 Å². The van der Waals surface area contributed by atoms with Gasteiger partial charge >= 0.3 is 0 Å². The van der Waals surface area contributed by atoms with Gasteiger partial charge in [-0.15, -0.1) is 0 Å². The Hall–Kier alpha value is -0.700. The van der Waals surface area contributed by atoms with Crippen LogP contribution in [0.3, 0.4) is 0 Å². The molecule has 0 saturated carbocycles. The molecule has 2 rings (SSSR count). The van der Waals surface area contributed by atoms with Gasteiger partial charge in [0.25, 0.3) is 0 Å². The van der Waals surface area contributed by atoms with Crippen molar-refractivity contribution in [2.45, 2.75) is 19.4 Å². The quantitative estimate of drug-likeness (QED) is 0.834. The van der Waals surface area contributed by atoms with E-state index in [0.717, 1.165) is 22.9 Å². The summed E-state index contributed by atoms with van der Waals surface area (Å²) in [5.41, 5.74) is 7.86. The van der Waals surface area contributed by atoms with Crippen molar-refractivity contribution >= 4 is 34.1 Å². The van der Waals surface area contributed by atoms with E-state index >= 15 is 0 Å². The van der Waals surface area contributed by atoms with Crippen LogP contribution >= 0.6 is 23.2 Å². The van der Waals surface area contributed by atoms with Gasteiger partial charge in [0.2, 0.25) is 0 Å². The summed E-state index contributed by atoms with van der Waals surface area (Å²) < 4.78 is 0. The van der Waals surface area contributed by atoms with Gasteiger partial charge < -0.3 is 10.7 Å². The van der Waals surface area contributed by atoms with Crippen LogP contribution in [0.5, 0.6) is 0 Å². The van der Waals surface area contributed by atoms with Gasteiger partial charge in [-0.3, -0.25) is 0 Å². The van der Waals surface area contributed by atoms with Crippen molar-refractivity contribution in [1.82, 2.24) is 4.98 Å². The van der Waals surface area contributed by atoms with Crippen molar-refractivity contribution in [3.05, 3.63) is 33.9 Å². The Morgan fingerprint density at radius 3 is 2.80 bits per heavy atom. The lowest BCUT2D eigenvalue weighted by molar-refractivity contribution is 0.741. The lowest BCUT2D eigenvalue weighted by atomic mass is 10.1. The SMILES string of the molecule is CC(N)Cc1c[nH]c2c(Cl)cc(Cl)cc12. The number of aromatic nitrogens is 1. The van der Waals surface area contributed by atoms with Crippen LogP contribution in [-0.2, 0) is 6.42 Å². The highest BCUT2D eigenvalue weighted by Gasteiger charge is 2.09. The number of nitrogens with one attached hydrogen (secondary N) is 1. The predicted molar refractivity (Wildman–Crippen MR) is 65.7 cm³/mol. The second-order valence-corrected chi connectivity index (χ2v) is 4.65. The molecule has 0 bridgehead atoms. The van der Waals surface area contributed by atoms with E-state index in [1.807, 2.05) is 19.2 Å². The molecule has 4 heteroatoms. The van der Waals surface area contributed by atoms with E-state index in [9.17, 15) is 0 Å². The Kier molecular flexibility index (Phi) is 2.91. The minimum Gasteiger partial charge on any atom is -0.360 e. The number of hydrogen-bond donors (Lipinski definition) is 2. The van der Waals surface area contributed by atoms with Crippen LogP contribution in [-0.4, -0.2) is 11.0 Å². The molecule has 1 atom stereocenters. The van der Waals surface area contributed by atoms with Gasteiger partial charge in [-0.1, -0.05) is 23.2 Å². The molecular formula is C11H12Cl2N2. The first-order valence-electron chi connectivity index (χ1n) is 4.78. The van der Waals surface area contributed by atoms with Crippen molar-refractivity contribution < 1.29 is 0 Å². The number of halogens is 2. The highest BCUT2D eigenvalue weighted by atomic mass is 35.5. The van der Waals surface area contributed by atoms with Crippen molar-refractivity contribution in [2.24, 2.45) is 5.73 Å². The fraction of sp³-hybridized carbons (Fsp3) is 0.273. The Labute approximate surface area is 98.4 Å². The molecule has 0 aliphatic heterocycles. The second kappa shape index (κ2) is 4.05. The summed E-state index contributed by atoms with van der Waals surface area (Å²) in [4.78, 5) is 3.14. The first kappa shape index (κ1) is 10.8. The van der Waals surface area contributed by atoms with E-state index in [1.165, 1.54) is 0 Å². The molecule has 0 aliphatic rings. The van der Waals surface area contributed by atoms with Gasteiger partial charge in [-0.25, -0.2) is 0 Å². The average Bonchev–Trinajstić information content (AvgIpc) is 2.48. The molecule has 2 nitrogen and oxygen atoms in total. The number of aromatic amines is 1. The summed E-state index contributed by atoms with van der Waals surface area (Å²) in [5.74, 6) is 0. The van der Waals surface area contributed by atoms with E-state index in [4.69, 9.17) is 28.9 Å². The first-order valence-corrected chi connectivity index (χ1v) is 5.54. The smallest absolute Gasteiger partial charge is 0.0661 e. The number of nitrogens with two attached hydrogens (primary N) is 1. The molecule has 1 aromatic heterocycles. The van der Waals surface area contributed by atoms with Crippen molar-refractivity contribution in [3.8, 4) is 0 Å². The monoisotopic (exact) mass is 242 g/mol. The number of H-pyrrole nitrogens is 1. The predicted octanol–water partition coefficient (Wildman–Crippen LogP) is 3.36.